The zero-order valence-corrected chi connectivity index (χ0v) is 13.9. The van der Waals surface area contributed by atoms with Gasteiger partial charge in [-0.15, -0.1) is 0 Å². The Morgan fingerprint density at radius 1 is 1.13 bits per heavy atom. The van der Waals surface area contributed by atoms with Gasteiger partial charge in [0.25, 0.3) is 0 Å². The smallest absolute Gasteiger partial charge is 0.226 e. The summed E-state index contributed by atoms with van der Waals surface area (Å²) in [6.45, 7) is 3.71. The summed E-state index contributed by atoms with van der Waals surface area (Å²) in [5.41, 5.74) is 2.47. The van der Waals surface area contributed by atoms with Gasteiger partial charge in [0, 0.05) is 36.3 Å². The molecule has 0 aliphatic rings. The lowest BCUT2D eigenvalue weighted by Crippen LogP contribution is -2.32. The van der Waals surface area contributed by atoms with E-state index in [1.54, 1.807) is 29.2 Å². The van der Waals surface area contributed by atoms with Crippen molar-refractivity contribution in [1.82, 2.24) is 0 Å². The van der Waals surface area contributed by atoms with Crippen molar-refractivity contribution >= 4 is 34.8 Å². The van der Waals surface area contributed by atoms with Gasteiger partial charge in [0.05, 0.1) is 0 Å². The maximum atomic E-state index is 12.1. The normalized spacial score (nSPS) is 10.2. The molecule has 0 fully saturated rings. The lowest BCUT2D eigenvalue weighted by Gasteiger charge is -2.21. The molecule has 1 N–H and O–H groups in total. The van der Waals surface area contributed by atoms with E-state index in [0.29, 0.717) is 17.3 Å². The summed E-state index contributed by atoms with van der Waals surface area (Å²) in [7, 11) is 0. The molecule has 0 atom stereocenters. The first-order valence-electron chi connectivity index (χ1n) is 7.36. The molecule has 2 rings (SSSR count). The summed E-state index contributed by atoms with van der Waals surface area (Å²) in [6.07, 6.45) is 0.209. The Labute approximate surface area is 141 Å². The highest BCUT2D eigenvalue weighted by Crippen LogP contribution is 2.20. The molecule has 0 unspecified atom stereocenters. The number of nitrogens with zero attached hydrogens (tertiary/aromatic N) is 1. The number of carbonyl (C=O) groups is 2. The summed E-state index contributed by atoms with van der Waals surface area (Å²) < 4.78 is 0. The van der Waals surface area contributed by atoms with E-state index >= 15 is 0 Å². The number of carbonyl (C=O) groups excluding carboxylic acids is 2. The highest BCUT2D eigenvalue weighted by Gasteiger charge is 2.14. The van der Waals surface area contributed by atoms with Gasteiger partial charge in [0.15, 0.2) is 0 Å². The minimum Gasteiger partial charge on any atom is -0.326 e. The van der Waals surface area contributed by atoms with Crippen LogP contribution < -0.4 is 10.2 Å². The SMILES string of the molecule is CC(=O)N(CCC(=O)Nc1ccccc1C)c1cccc(Cl)c1. The van der Waals surface area contributed by atoms with Gasteiger partial charge in [-0.25, -0.2) is 0 Å². The Kier molecular flexibility index (Phi) is 5.77. The number of benzene rings is 2. The van der Waals surface area contributed by atoms with Gasteiger partial charge in [-0.2, -0.15) is 0 Å². The number of amides is 2. The van der Waals surface area contributed by atoms with Crippen LogP contribution >= 0.6 is 11.6 Å². The van der Waals surface area contributed by atoms with E-state index in [1.165, 1.54) is 6.92 Å². The Morgan fingerprint density at radius 2 is 1.87 bits per heavy atom. The molecule has 23 heavy (non-hydrogen) atoms. The molecule has 0 radical (unpaired) electrons. The molecule has 2 amide bonds. The molecular formula is C18H19ClN2O2. The van der Waals surface area contributed by atoms with Gasteiger partial charge in [0.2, 0.25) is 11.8 Å². The van der Waals surface area contributed by atoms with Gasteiger partial charge >= 0.3 is 0 Å². The van der Waals surface area contributed by atoms with Crippen molar-refractivity contribution in [1.29, 1.82) is 0 Å². The lowest BCUT2D eigenvalue weighted by atomic mass is 10.2. The summed E-state index contributed by atoms with van der Waals surface area (Å²) in [5, 5.41) is 3.42. The maximum Gasteiger partial charge on any atom is 0.226 e. The molecule has 0 spiro atoms. The van der Waals surface area contributed by atoms with Crippen LogP contribution in [0, 0.1) is 6.92 Å². The van der Waals surface area contributed by atoms with E-state index < -0.39 is 0 Å². The van der Waals surface area contributed by atoms with Crippen molar-refractivity contribution in [3.8, 4) is 0 Å². The fourth-order valence-electron chi connectivity index (χ4n) is 2.25. The second kappa shape index (κ2) is 7.79. The van der Waals surface area contributed by atoms with Crippen LogP contribution in [0.2, 0.25) is 5.02 Å². The van der Waals surface area contributed by atoms with Gasteiger partial charge in [0.1, 0.15) is 0 Å². The van der Waals surface area contributed by atoms with Crippen LogP contribution in [-0.2, 0) is 9.59 Å². The zero-order chi connectivity index (χ0) is 16.8. The molecule has 5 heteroatoms. The summed E-state index contributed by atoms with van der Waals surface area (Å²) >= 11 is 5.96. The lowest BCUT2D eigenvalue weighted by molar-refractivity contribution is -0.117. The average Bonchev–Trinajstić information content (AvgIpc) is 2.49. The number of para-hydroxylation sites is 1. The summed E-state index contributed by atoms with van der Waals surface area (Å²) in [4.78, 5) is 25.5. The van der Waals surface area contributed by atoms with Gasteiger partial charge < -0.3 is 10.2 Å². The second-order valence-corrected chi connectivity index (χ2v) is 5.70. The first-order valence-corrected chi connectivity index (χ1v) is 7.74. The predicted octanol–water partition coefficient (Wildman–Crippen LogP) is 4.03. The number of halogens is 1. The first kappa shape index (κ1) is 17.0. The van der Waals surface area contributed by atoms with Crippen molar-refractivity contribution in [2.24, 2.45) is 0 Å². The predicted molar refractivity (Wildman–Crippen MR) is 93.9 cm³/mol. The van der Waals surface area contributed by atoms with E-state index in [9.17, 15) is 9.59 Å². The molecule has 0 aromatic heterocycles. The molecule has 2 aromatic carbocycles. The van der Waals surface area contributed by atoms with Gasteiger partial charge in [-0.05, 0) is 36.8 Å². The Balaban J connectivity index is 2.00. The van der Waals surface area contributed by atoms with E-state index in [2.05, 4.69) is 5.32 Å². The fourth-order valence-corrected chi connectivity index (χ4v) is 2.44. The fraction of sp³-hybridized carbons (Fsp3) is 0.222. The van der Waals surface area contributed by atoms with Crippen molar-refractivity contribution in [2.75, 3.05) is 16.8 Å². The Bertz CT molecular complexity index is 716. The molecule has 0 saturated heterocycles. The number of rotatable bonds is 5. The quantitative estimate of drug-likeness (QED) is 0.899. The van der Waals surface area contributed by atoms with Gasteiger partial charge in [-0.3, -0.25) is 9.59 Å². The van der Waals surface area contributed by atoms with Crippen LogP contribution in [0.4, 0.5) is 11.4 Å². The minimum atomic E-state index is -0.132. The first-order chi connectivity index (χ1) is 11.0. The maximum absolute atomic E-state index is 12.1. The van der Waals surface area contributed by atoms with Crippen LogP contribution in [0.15, 0.2) is 48.5 Å². The highest BCUT2D eigenvalue weighted by atomic mass is 35.5. The molecule has 2 aromatic rings. The van der Waals surface area contributed by atoms with Crippen LogP contribution in [0.3, 0.4) is 0 Å². The number of anilines is 2. The number of hydrogen-bond acceptors (Lipinski definition) is 2. The third kappa shape index (κ3) is 4.83. The third-order valence-corrected chi connectivity index (χ3v) is 3.72. The molecule has 0 bridgehead atoms. The van der Waals surface area contributed by atoms with Crippen molar-refractivity contribution in [2.45, 2.75) is 20.3 Å². The molecular weight excluding hydrogens is 312 g/mol. The van der Waals surface area contributed by atoms with E-state index in [0.717, 1.165) is 11.3 Å². The summed E-state index contributed by atoms with van der Waals surface area (Å²) in [5.74, 6) is -0.261. The second-order valence-electron chi connectivity index (χ2n) is 5.26. The van der Waals surface area contributed by atoms with Crippen LogP contribution in [0.1, 0.15) is 18.9 Å². The standard InChI is InChI=1S/C18H19ClN2O2/c1-13-6-3-4-9-17(13)20-18(23)10-11-21(14(2)22)16-8-5-7-15(19)12-16/h3-9,12H,10-11H2,1-2H3,(H,20,23). The highest BCUT2D eigenvalue weighted by molar-refractivity contribution is 6.30. The van der Waals surface area contributed by atoms with Crippen molar-refractivity contribution in [3.63, 3.8) is 0 Å². The number of hydrogen-bond donors (Lipinski definition) is 1. The van der Waals surface area contributed by atoms with Crippen molar-refractivity contribution in [3.05, 3.63) is 59.1 Å². The number of aryl methyl sites for hydroxylation is 1. The van der Waals surface area contributed by atoms with Crippen LogP contribution in [-0.4, -0.2) is 18.4 Å². The molecule has 120 valence electrons. The summed E-state index contributed by atoms with van der Waals surface area (Å²) in [6, 6.07) is 14.6. The topological polar surface area (TPSA) is 49.4 Å². The van der Waals surface area contributed by atoms with Crippen LogP contribution in [0.5, 0.6) is 0 Å². The minimum absolute atomic E-state index is 0.129. The average molecular weight is 331 g/mol. The molecule has 4 nitrogen and oxygen atoms in total. The Hall–Kier alpha value is -2.33. The molecule has 0 aliphatic heterocycles. The largest absolute Gasteiger partial charge is 0.326 e. The third-order valence-electron chi connectivity index (χ3n) is 3.48. The van der Waals surface area contributed by atoms with Gasteiger partial charge in [-0.1, -0.05) is 35.9 Å². The molecule has 0 aliphatic carbocycles. The van der Waals surface area contributed by atoms with E-state index in [-0.39, 0.29) is 18.2 Å². The molecule has 0 heterocycles. The van der Waals surface area contributed by atoms with Crippen molar-refractivity contribution < 1.29 is 9.59 Å². The molecule has 0 saturated carbocycles. The van der Waals surface area contributed by atoms with E-state index in [1.807, 2.05) is 31.2 Å². The van der Waals surface area contributed by atoms with Crippen LogP contribution in [0.25, 0.3) is 0 Å². The number of nitrogens with one attached hydrogen (secondary N) is 1. The zero-order valence-electron chi connectivity index (χ0n) is 13.2. The Morgan fingerprint density at radius 3 is 2.52 bits per heavy atom. The monoisotopic (exact) mass is 330 g/mol. The van der Waals surface area contributed by atoms with E-state index in [4.69, 9.17) is 11.6 Å².